The van der Waals surface area contributed by atoms with Crippen LogP contribution < -0.4 is 24.8 Å². The molecule has 0 aromatic rings. The molecular weight excluding hydrogens is 454 g/mol. The topological polar surface area (TPSA) is 20.2 Å². The van der Waals surface area contributed by atoms with Crippen molar-refractivity contribution in [3.05, 3.63) is 48.1 Å². The van der Waals surface area contributed by atoms with E-state index < -0.39 is 0 Å². The summed E-state index contributed by atoms with van der Waals surface area (Å²) in [7, 11) is 0. The van der Waals surface area contributed by atoms with Crippen molar-refractivity contribution in [1.29, 1.82) is 0 Å². The normalized spacial score (nSPS) is 35.0. The van der Waals surface area contributed by atoms with Gasteiger partial charge in [-0.1, -0.05) is 67.9 Å². The molecule has 4 heteroatoms. The number of aliphatic hydroxyl groups is 1. The van der Waals surface area contributed by atoms with Crippen molar-refractivity contribution in [2.24, 2.45) is 35.0 Å². The zero-order valence-corrected chi connectivity index (χ0v) is 20.3. The van der Waals surface area contributed by atoms with E-state index in [1.54, 1.807) is 5.57 Å². The van der Waals surface area contributed by atoms with E-state index in [0.29, 0.717) is 12.5 Å². The number of halogens is 2. The van der Waals surface area contributed by atoms with Crippen LogP contribution in [0.1, 0.15) is 51.9 Å². The van der Waals surface area contributed by atoms with Gasteiger partial charge >= 0.3 is 26.2 Å². The molecule has 27 heavy (non-hydrogen) atoms. The number of fused-ring (bicyclic) bond motifs is 3. The van der Waals surface area contributed by atoms with Crippen molar-refractivity contribution in [3.63, 3.8) is 0 Å². The number of aliphatic hydroxyl groups excluding tert-OH is 1. The van der Waals surface area contributed by atoms with Crippen LogP contribution in [-0.4, -0.2) is 11.7 Å². The number of hydrogen-bond donors (Lipinski definition) is 1. The zero-order valence-electron chi connectivity index (χ0n) is 16.3. The minimum absolute atomic E-state index is 0. The van der Waals surface area contributed by atoms with E-state index in [0.717, 1.165) is 42.9 Å². The Hall–Kier alpha value is 0.383. The molecule has 0 heterocycles. The molecule has 0 aliphatic heterocycles. The summed E-state index contributed by atoms with van der Waals surface area (Å²) in [5.41, 5.74) is 1.86. The van der Waals surface area contributed by atoms with Gasteiger partial charge in [-0.15, -0.1) is 0 Å². The summed E-state index contributed by atoms with van der Waals surface area (Å²) in [4.78, 5) is 0. The van der Waals surface area contributed by atoms with Gasteiger partial charge < -0.3 is 29.9 Å². The number of hydrogen-bond acceptors (Lipinski definition) is 1. The van der Waals surface area contributed by atoms with E-state index >= 15 is 0 Å². The van der Waals surface area contributed by atoms with Gasteiger partial charge in [0.2, 0.25) is 0 Å². The molecular formula is C23H32Cl2OZr. The third-order valence-electron chi connectivity index (χ3n) is 7.56. The van der Waals surface area contributed by atoms with Gasteiger partial charge in [-0.05, 0) is 67.1 Å². The van der Waals surface area contributed by atoms with E-state index in [1.807, 2.05) is 0 Å². The van der Waals surface area contributed by atoms with Crippen molar-refractivity contribution in [2.75, 3.05) is 6.61 Å². The van der Waals surface area contributed by atoms with E-state index in [4.69, 9.17) is 0 Å². The summed E-state index contributed by atoms with van der Waals surface area (Å²) in [6, 6.07) is 0. The van der Waals surface area contributed by atoms with Crippen LogP contribution in [0.4, 0.5) is 0 Å². The van der Waals surface area contributed by atoms with Crippen molar-refractivity contribution >= 4 is 0 Å². The standard InChI is InChI=1S/C23H32O.2ClH.Zr/c1-23(15-8-16-24,17-9-2-3-10-17)22-20-13-6-4-11-18(20)19-12-5-7-14-21(19)22;;;/h2-4,6,9,11,13,18-22,24H,5,7-8,10,12,14-16H2,1H3;2*1H;/q;;;+2/p-2. The van der Waals surface area contributed by atoms with E-state index in [2.05, 4.69) is 49.5 Å². The molecule has 0 saturated heterocycles. The van der Waals surface area contributed by atoms with Gasteiger partial charge in [0.1, 0.15) is 0 Å². The fraction of sp³-hybridized carbons (Fsp3) is 0.652. The molecule has 0 aromatic heterocycles. The number of allylic oxidation sites excluding steroid dienone is 8. The molecule has 4 aliphatic rings. The van der Waals surface area contributed by atoms with E-state index in [1.165, 1.54) is 25.7 Å². The maximum Gasteiger partial charge on any atom is 2.00 e. The van der Waals surface area contributed by atoms with E-state index in [-0.39, 0.29) is 56.4 Å². The SMILES string of the molecule is CC(CCCO)(C1=CC=CC1)C1C2C=CC=CC2C2CCCCC21.[Cl-].[Cl-].[Zr+2]. The van der Waals surface area contributed by atoms with Crippen LogP contribution in [-0.2, 0) is 26.2 Å². The fourth-order valence-electron chi connectivity index (χ4n) is 6.58. The van der Waals surface area contributed by atoms with Gasteiger partial charge in [0, 0.05) is 6.61 Å². The summed E-state index contributed by atoms with van der Waals surface area (Å²) in [6.07, 6.45) is 25.4. The van der Waals surface area contributed by atoms with Gasteiger partial charge in [-0.25, -0.2) is 0 Å². The third kappa shape index (κ3) is 4.60. The van der Waals surface area contributed by atoms with Crippen LogP contribution in [0.15, 0.2) is 48.1 Å². The van der Waals surface area contributed by atoms with Crippen molar-refractivity contribution < 1.29 is 56.1 Å². The summed E-state index contributed by atoms with van der Waals surface area (Å²) in [5.74, 6) is 3.96. The molecule has 1 nitrogen and oxygen atoms in total. The van der Waals surface area contributed by atoms with E-state index in [9.17, 15) is 5.11 Å². The molecule has 1 N–H and O–H groups in total. The second-order valence-corrected chi connectivity index (χ2v) is 8.63. The largest absolute Gasteiger partial charge is 2.00 e. The van der Waals surface area contributed by atoms with Crippen LogP contribution in [0, 0.1) is 35.0 Å². The first-order valence-electron chi connectivity index (χ1n) is 10.1. The van der Waals surface area contributed by atoms with Crippen molar-refractivity contribution in [3.8, 4) is 0 Å². The molecule has 0 aromatic carbocycles. The monoisotopic (exact) mass is 484 g/mol. The predicted octanol–water partition coefficient (Wildman–Crippen LogP) is -0.548. The van der Waals surface area contributed by atoms with Crippen molar-refractivity contribution in [2.45, 2.75) is 51.9 Å². The summed E-state index contributed by atoms with van der Waals surface area (Å²) < 4.78 is 0. The molecule has 0 radical (unpaired) electrons. The van der Waals surface area contributed by atoms with Gasteiger partial charge in [-0.3, -0.25) is 0 Å². The van der Waals surface area contributed by atoms with Gasteiger partial charge in [0.05, 0.1) is 0 Å². The van der Waals surface area contributed by atoms with Crippen LogP contribution >= 0.6 is 0 Å². The van der Waals surface area contributed by atoms with Gasteiger partial charge in [-0.2, -0.15) is 0 Å². The molecule has 6 unspecified atom stereocenters. The zero-order chi connectivity index (χ0) is 16.6. The van der Waals surface area contributed by atoms with Gasteiger partial charge in [0.25, 0.3) is 0 Å². The fourth-order valence-corrected chi connectivity index (χ4v) is 6.58. The molecule has 0 amide bonds. The summed E-state index contributed by atoms with van der Waals surface area (Å²) in [5, 5.41) is 9.52. The van der Waals surface area contributed by atoms with Gasteiger partial charge in [0.15, 0.2) is 0 Å². The Bertz CT molecular complexity index is 597. The molecule has 148 valence electrons. The first-order valence-corrected chi connectivity index (χ1v) is 10.1. The smallest absolute Gasteiger partial charge is 1.00 e. The van der Waals surface area contributed by atoms with Crippen LogP contribution in [0.2, 0.25) is 0 Å². The van der Waals surface area contributed by atoms with Crippen molar-refractivity contribution in [1.82, 2.24) is 0 Å². The maximum absolute atomic E-state index is 9.52. The summed E-state index contributed by atoms with van der Waals surface area (Å²) >= 11 is 0. The average molecular weight is 487 g/mol. The quantitative estimate of drug-likeness (QED) is 0.553. The Morgan fingerprint density at radius 1 is 1.00 bits per heavy atom. The predicted molar refractivity (Wildman–Crippen MR) is 100 cm³/mol. The van der Waals surface area contributed by atoms with Crippen LogP contribution in [0.25, 0.3) is 0 Å². The third-order valence-corrected chi connectivity index (χ3v) is 7.56. The first-order chi connectivity index (χ1) is 11.8. The minimum atomic E-state index is 0. The molecule has 2 fully saturated rings. The Morgan fingerprint density at radius 2 is 1.67 bits per heavy atom. The Labute approximate surface area is 196 Å². The molecule has 4 aliphatic carbocycles. The first kappa shape index (κ1) is 25.4. The molecule has 6 atom stereocenters. The van der Waals surface area contributed by atoms with Crippen LogP contribution in [0.3, 0.4) is 0 Å². The summed E-state index contributed by atoms with van der Waals surface area (Å²) in [6.45, 7) is 2.84. The Morgan fingerprint density at radius 3 is 2.30 bits per heavy atom. The number of rotatable bonds is 5. The van der Waals surface area contributed by atoms with Crippen LogP contribution in [0.5, 0.6) is 0 Å². The second-order valence-electron chi connectivity index (χ2n) is 8.63. The molecule has 2 saturated carbocycles. The molecule has 0 bridgehead atoms. The maximum atomic E-state index is 9.52. The second kappa shape index (κ2) is 11.0. The molecule has 0 spiro atoms. The molecule has 4 rings (SSSR count). The Kier molecular flexibility index (Phi) is 10.3. The minimum Gasteiger partial charge on any atom is -1.00 e. The average Bonchev–Trinajstić information content (AvgIpc) is 3.26. The Balaban J connectivity index is 0.00000121.